The Kier molecular flexibility index (Phi) is 4.02. The zero-order valence-corrected chi connectivity index (χ0v) is 11.3. The molecule has 0 saturated carbocycles. The van der Waals surface area contributed by atoms with Gasteiger partial charge < -0.3 is 14.7 Å². The molecule has 0 radical (unpaired) electrons. The minimum atomic E-state index is -1.23. The van der Waals surface area contributed by atoms with Crippen LogP contribution < -0.4 is 4.90 Å². The van der Waals surface area contributed by atoms with Crippen molar-refractivity contribution in [2.75, 3.05) is 19.1 Å². The molecule has 0 fully saturated rings. The van der Waals surface area contributed by atoms with Gasteiger partial charge in [0.25, 0.3) is 0 Å². The van der Waals surface area contributed by atoms with Crippen LogP contribution in [0.2, 0.25) is 0 Å². The zero-order chi connectivity index (χ0) is 15.6. The van der Waals surface area contributed by atoms with Crippen molar-refractivity contribution in [2.45, 2.75) is 0 Å². The van der Waals surface area contributed by atoms with Crippen molar-refractivity contribution in [1.29, 1.82) is 0 Å². The van der Waals surface area contributed by atoms with Gasteiger partial charge in [-0.3, -0.25) is 0 Å². The molecule has 2 aromatic rings. The van der Waals surface area contributed by atoms with E-state index in [4.69, 9.17) is 0 Å². The van der Waals surface area contributed by atoms with E-state index in [1.807, 2.05) is 0 Å². The molecule has 0 spiro atoms. The van der Waals surface area contributed by atoms with E-state index in [1.54, 1.807) is 0 Å². The van der Waals surface area contributed by atoms with Gasteiger partial charge in [0.05, 0.1) is 18.4 Å². The minimum Gasteiger partial charge on any atom is -0.504 e. The molecule has 0 amide bonds. The van der Waals surface area contributed by atoms with Crippen molar-refractivity contribution >= 4 is 17.5 Å². The van der Waals surface area contributed by atoms with Gasteiger partial charge in [0.15, 0.2) is 23.2 Å². The van der Waals surface area contributed by atoms with E-state index in [2.05, 4.69) is 9.72 Å². The lowest BCUT2D eigenvalue weighted by Crippen LogP contribution is -2.18. The summed E-state index contributed by atoms with van der Waals surface area (Å²) in [5.74, 6) is -3.44. The number of hydrogen-bond acceptors (Lipinski definition) is 5. The van der Waals surface area contributed by atoms with Crippen LogP contribution in [0.4, 0.5) is 20.3 Å². The Morgan fingerprint density at radius 2 is 2.05 bits per heavy atom. The number of rotatable bonds is 3. The molecule has 1 N–H and O–H groups in total. The number of carbonyl (C=O) groups is 1. The van der Waals surface area contributed by atoms with Crippen LogP contribution in [0.1, 0.15) is 10.4 Å². The molecule has 1 heterocycles. The Labute approximate surface area is 119 Å². The highest BCUT2D eigenvalue weighted by Crippen LogP contribution is 2.34. The van der Waals surface area contributed by atoms with Crippen molar-refractivity contribution in [2.24, 2.45) is 0 Å². The highest BCUT2D eigenvalue weighted by atomic mass is 19.2. The summed E-state index contributed by atoms with van der Waals surface area (Å²) in [7, 11) is 2.48. The number of pyridine rings is 1. The fraction of sp³-hybridized carbons (Fsp3) is 0.143. The van der Waals surface area contributed by atoms with E-state index >= 15 is 0 Å². The average molecular weight is 294 g/mol. The molecule has 0 unspecified atom stereocenters. The number of anilines is 2. The standard InChI is InChI=1S/C14H12F2N2O3/c1-18(13-10(19)4-3-7-17-13)12-8(14(20)21-2)5-6-9(15)11(12)16/h3-7,19H,1-2H3. The van der Waals surface area contributed by atoms with Crippen molar-refractivity contribution in [3.8, 4) is 5.75 Å². The quantitative estimate of drug-likeness (QED) is 0.882. The molecule has 0 aliphatic carbocycles. The van der Waals surface area contributed by atoms with E-state index in [9.17, 15) is 18.7 Å². The van der Waals surface area contributed by atoms with E-state index in [0.29, 0.717) is 0 Å². The third kappa shape index (κ3) is 2.62. The first-order valence-electron chi connectivity index (χ1n) is 5.91. The van der Waals surface area contributed by atoms with Crippen LogP contribution in [0.15, 0.2) is 30.5 Å². The smallest absolute Gasteiger partial charge is 0.340 e. The molecule has 0 aliphatic heterocycles. The lowest BCUT2D eigenvalue weighted by Gasteiger charge is -2.22. The Balaban J connectivity index is 2.64. The summed E-state index contributed by atoms with van der Waals surface area (Å²) < 4.78 is 32.1. The van der Waals surface area contributed by atoms with Gasteiger partial charge in [-0.1, -0.05) is 0 Å². The lowest BCUT2D eigenvalue weighted by atomic mass is 10.1. The second-order valence-electron chi connectivity index (χ2n) is 4.15. The second-order valence-corrected chi connectivity index (χ2v) is 4.15. The minimum absolute atomic E-state index is 0.0212. The molecule has 1 aromatic heterocycles. The van der Waals surface area contributed by atoms with Crippen LogP contribution in [0.3, 0.4) is 0 Å². The maximum atomic E-state index is 14.1. The van der Waals surface area contributed by atoms with E-state index in [0.717, 1.165) is 24.1 Å². The average Bonchev–Trinajstić information content (AvgIpc) is 2.49. The molecular formula is C14H12F2N2O3. The summed E-state index contributed by atoms with van der Waals surface area (Å²) in [5, 5.41) is 9.75. The summed E-state index contributed by atoms with van der Waals surface area (Å²) >= 11 is 0. The maximum Gasteiger partial charge on any atom is 0.340 e. The molecule has 0 bridgehead atoms. The van der Waals surface area contributed by atoms with Crippen molar-refractivity contribution in [3.63, 3.8) is 0 Å². The van der Waals surface area contributed by atoms with Gasteiger partial charge in [0, 0.05) is 13.2 Å². The van der Waals surface area contributed by atoms with Crippen molar-refractivity contribution in [1.82, 2.24) is 4.98 Å². The predicted molar refractivity (Wildman–Crippen MR) is 71.7 cm³/mol. The van der Waals surface area contributed by atoms with E-state index in [-0.39, 0.29) is 22.8 Å². The zero-order valence-electron chi connectivity index (χ0n) is 11.3. The number of nitrogens with zero attached hydrogens (tertiary/aromatic N) is 2. The number of esters is 1. The SMILES string of the molecule is COC(=O)c1ccc(F)c(F)c1N(C)c1ncccc1O. The van der Waals surface area contributed by atoms with Crippen LogP contribution >= 0.6 is 0 Å². The summed E-state index contributed by atoms with van der Waals surface area (Å²) in [5.41, 5.74) is -0.542. The third-order valence-electron chi connectivity index (χ3n) is 2.89. The first-order valence-corrected chi connectivity index (χ1v) is 5.91. The molecule has 7 heteroatoms. The molecule has 0 saturated heterocycles. The third-order valence-corrected chi connectivity index (χ3v) is 2.89. The molecule has 110 valence electrons. The number of carbonyl (C=O) groups excluding carboxylic acids is 1. The van der Waals surface area contributed by atoms with Crippen LogP contribution in [0.25, 0.3) is 0 Å². The second kappa shape index (κ2) is 5.74. The van der Waals surface area contributed by atoms with E-state index in [1.165, 1.54) is 25.4 Å². The number of benzene rings is 1. The van der Waals surface area contributed by atoms with Crippen molar-refractivity contribution in [3.05, 3.63) is 47.7 Å². The van der Waals surface area contributed by atoms with Crippen LogP contribution in [0.5, 0.6) is 5.75 Å². The van der Waals surface area contributed by atoms with Gasteiger partial charge in [-0.2, -0.15) is 0 Å². The van der Waals surface area contributed by atoms with Gasteiger partial charge in [-0.05, 0) is 24.3 Å². The number of aromatic nitrogens is 1. The number of aromatic hydroxyl groups is 1. The number of ether oxygens (including phenoxy) is 1. The fourth-order valence-corrected chi connectivity index (χ4v) is 1.90. The van der Waals surface area contributed by atoms with Gasteiger partial charge in [0.2, 0.25) is 0 Å². The number of hydrogen-bond donors (Lipinski definition) is 1. The molecule has 5 nitrogen and oxygen atoms in total. The first-order chi connectivity index (χ1) is 9.97. The molecule has 0 atom stereocenters. The number of halogens is 2. The van der Waals surface area contributed by atoms with Crippen LogP contribution in [-0.4, -0.2) is 30.2 Å². The largest absolute Gasteiger partial charge is 0.504 e. The molecular weight excluding hydrogens is 282 g/mol. The number of methoxy groups -OCH3 is 1. The Hall–Kier alpha value is -2.70. The summed E-state index contributed by atoms with van der Waals surface area (Å²) in [6.07, 6.45) is 1.38. The molecule has 21 heavy (non-hydrogen) atoms. The topological polar surface area (TPSA) is 62.7 Å². The highest BCUT2D eigenvalue weighted by molar-refractivity contribution is 5.97. The van der Waals surface area contributed by atoms with Gasteiger partial charge in [0.1, 0.15) is 0 Å². The normalized spacial score (nSPS) is 10.3. The summed E-state index contributed by atoms with van der Waals surface area (Å²) in [6.45, 7) is 0. The Morgan fingerprint density at radius 1 is 1.33 bits per heavy atom. The van der Waals surface area contributed by atoms with Gasteiger partial charge >= 0.3 is 5.97 Å². The molecule has 2 rings (SSSR count). The summed E-state index contributed by atoms with van der Waals surface area (Å²) in [6, 6.07) is 4.76. The van der Waals surface area contributed by atoms with Crippen LogP contribution in [0, 0.1) is 11.6 Å². The lowest BCUT2D eigenvalue weighted by molar-refractivity contribution is 0.0601. The molecule has 0 aliphatic rings. The van der Waals surface area contributed by atoms with Gasteiger partial charge in [-0.15, -0.1) is 0 Å². The predicted octanol–water partition coefficient (Wildman–Crippen LogP) is 2.62. The van der Waals surface area contributed by atoms with Gasteiger partial charge in [-0.25, -0.2) is 18.6 Å². The summed E-state index contributed by atoms with van der Waals surface area (Å²) in [4.78, 5) is 16.7. The maximum absolute atomic E-state index is 14.1. The Bertz CT molecular complexity index is 692. The molecule has 1 aromatic carbocycles. The first kappa shape index (κ1) is 14.7. The highest BCUT2D eigenvalue weighted by Gasteiger charge is 2.24. The van der Waals surface area contributed by atoms with Crippen LogP contribution in [-0.2, 0) is 4.74 Å². The fourth-order valence-electron chi connectivity index (χ4n) is 1.90. The Morgan fingerprint density at radius 3 is 2.67 bits per heavy atom. The monoisotopic (exact) mass is 294 g/mol. The van der Waals surface area contributed by atoms with Crippen molar-refractivity contribution < 1.29 is 23.4 Å². The van der Waals surface area contributed by atoms with E-state index < -0.39 is 17.6 Å².